The van der Waals surface area contributed by atoms with E-state index in [1.54, 1.807) is 25.3 Å². The SMILES string of the molecule is CNCC1CCN(C(=O)Cc2cc(Cl)ccc2OC)C1.Cl. The van der Waals surface area contributed by atoms with Crippen LogP contribution >= 0.6 is 24.0 Å². The highest BCUT2D eigenvalue weighted by Gasteiger charge is 2.26. The fraction of sp³-hybridized carbons (Fsp3) is 0.533. The minimum Gasteiger partial charge on any atom is -0.496 e. The van der Waals surface area contributed by atoms with Crippen LogP contribution in [0.5, 0.6) is 5.75 Å². The molecule has 1 aliphatic heterocycles. The van der Waals surface area contributed by atoms with E-state index >= 15 is 0 Å². The second-order valence-corrected chi connectivity index (χ2v) is 5.62. The molecular weight excluding hydrogens is 311 g/mol. The summed E-state index contributed by atoms with van der Waals surface area (Å²) in [6.07, 6.45) is 1.41. The van der Waals surface area contributed by atoms with Crippen LogP contribution in [0, 0.1) is 5.92 Å². The number of carbonyl (C=O) groups excluding carboxylic acids is 1. The number of nitrogens with one attached hydrogen (secondary N) is 1. The quantitative estimate of drug-likeness (QED) is 0.900. The third kappa shape index (κ3) is 4.77. The molecule has 6 heteroatoms. The summed E-state index contributed by atoms with van der Waals surface area (Å²) in [7, 11) is 3.55. The molecule has 0 bridgehead atoms. The molecule has 1 heterocycles. The highest BCUT2D eigenvalue weighted by molar-refractivity contribution is 6.30. The first-order valence-corrected chi connectivity index (χ1v) is 7.26. The van der Waals surface area contributed by atoms with Crippen molar-refractivity contribution in [1.29, 1.82) is 0 Å². The summed E-state index contributed by atoms with van der Waals surface area (Å²) >= 11 is 5.99. The van der Waals surface area contributed by atoms with E-state index in [-0.39, 0.29) is 18.3 Å². The summed E-state index contributed by atoms with van der Waals surface area (Å²) in [6.45, 7) is 2.64. The molecule has 1 amide bonds. The Kier molecular flexibility index (Phi) is 7.29. The number of ether oxygens (including phenoxy) is 1. The molecule has 4 nitrogen and oxygen atoms in total. The van der Waals surface area contributed by atoms with E-state index in [0.717, 1.165) is 31.6 Å². The third-order valence-electron chi connectivity index (χ3n) is 3.72. The van der Waals surface area contributed by atoms with Gasteiger partial charge in [-0.1, -0.05) is 11.6 Å². The van der Waals surface area contributed by atoms with Crippen molar-refractivity contribution >= 4 is 29.9 Å². The first-order chi connectivity index (χ1) is 9.63. The lowest BCUT2D eigenvalue weighted by Gasteiger charge is -2.17. The molecule has 21 heavy (non-hydrogen) atoms. The number of hydrogen-bond donors (Lipinski definition) is 1. The summed E-state index contributed by atoms with van der Waals surface area (Å²) in [4.78, 5) is 14.3. The number of nitrogens with zero attached hydrogens (tertiary/aromatic N) is 1. The molecule has 0 aromatic heterocycles. The normalized spacial score (nSPS) is 17.5. The lowest BCUT2D eigenvalue weighted by atomic mass is 10.1. The van der Waals surface area contributed by atoms with Gasteiger partial charge in [0.25, 0.3) is 0 Å². The zero-order valence-electron chi connectivity index (χ0n) is 12.4. The van der Waals surface area contributed by atoms with Gasteiger partial charge in [0, 0.05) is 23.7 Å². The van der Waals surface area contributed by atoms with E-state index < -0.39 is 0 Å². The Labute approximate surface area is 137 Å². The van der Waals surface area contributed by atoms with Gasteiger partial charge >= 0.3 is 0 Å². The zero-order chi connectivity index (χ0) is 14.5. The van der Waals surface area contributed by atoms with Crippen molar-refractivity contribution in [3.05, 3.63) is 28.8 Å². The fourth-order valence-electron chi connectivity index (χ4n) is 2.67. The Balaban J connectivity index is 0.00000220. The van der Waals surface area contributed by atoms with E-state index in [9.17, 15) is 4.79 Å². The van der Waals surface area contributed by atoms with Gasteiger partial charge in [0.2, 0.25) is 5.91 Å². The van der Waals surface area contributed by atoms with Crippen LogP contribution in [0.3, 0.4) is 0 Å². The largest absolute Gasteiger partial charge is 0.496 e. The van der Waals surface area contributed by atoms with Crippen molar-refractivity contribution in [3.8, 4) is 5.75 Å². The Morgan fingerprint density at radius 3 is 2.95 bits per heavy atom. The molecule has 1 aromatic rings. The van der Waals surface area contributed by atoms with Gasteiger partial charge in [-0.25, -0.2) is 0 Å². The molecule has 1 atom stereocenters. The summed E-state index contributed by atoms with van der Waals surface area (Å²) in [6, 6.07) is 5.38. The molecule has 1 aliphatic rings. The molecule has 0 saturated carbocycles. The maximum Gasteiger partial charge on any atom is 0.227 e. The van der Waals surface area contributed by atoms with Crippen LogP contribution in [-0.2, 0) is 11.2 Å². The Hall–Kier alpha value is -0.970. The van der Waals surface area contributed by atoms with E-state index in [1.165, 1.54) is 0 Å². The molecule has 0 radical (unpaired) electrons. The minimum atomic E-state index is 0. The van der Waals surface area contributed by atoms with Crippen molar-refractivity contribution in [1.82, 2.24) is 10.2 Å². The third-order valence-corrected chi connectivity index (χ3v) is 3.95. The first-order valence-electron chi connectivity index (χ1n) is 6.88. The number of likely N-dealkylation sites (tertiary alicyclic amines) is 1. The average Bonchev–Trinajstić information content (AvgIpc) is 2.88. The van der Waals surface area contributed by atoms with Crippen LogP contribution in [-0.4, -0.2) is 44.6 Å². The van der Waals surface area contributed by atoms with Crippen molar-refractivity contribution in [2.75, 3.05) is 33.8 Å². The minimum absolute atomic E-state index is 0. The summed E-state index contributed by atoms with van der Waals surface area (Å²) in [5, 5.41) is 3.80. The molecule has 1 saturated heterocycles. The van der Waals surface area contributed by atoms with Crippen LogP contribution in [0.1, 0.15) is 12.0 Å². The zero-order valence-corrected chi connectivity index (χ0v) is 14.0. The maximum absolute atomic E-state index is 12.4. The molecule has 1 aromatic carbocycles. The Morgan fingerprint density at radius 1 is 1.52 bits per heavy atom. The van der Waals surface area contributed by atoms with Crippen molar-refractivity contribution in [3.63, 3.8) is 0 Å². The molecule has 118 valence electrons. The van der Waals surface area contributed by atoms with Gasteiger partial charge in [0.1, 0.15) is 5.75 Å². The second-order valence-electron chi connectivity index (χ2n) is 5.19. The molecule has 1 unspecified atom stereocenters. The molecule has 0 aliphatic carbocycles. The number of halogens is 2. The smallest absolute Gasteiger partial charge is 0.227 e. The number of methoxy groups -OCH3 is 1. The van der Waals surface area contributed by atoms with Crippen molar-refractivity contribution in [2.24, 2.45) is 5.92 Å². The van der Waals surface area contributed by atoms with Crippen molar-refractivity contribution in [2.45, 2.75) is 12.8 Å². The van der Waals surface area contributed by atoms with Crippen LogP contribution < -0.4 is 10.1 Å². The number of amides is 1. The number of rotatable bonds is 5. The van der Waals surface area contributed by atoms with E-state index in [2.05, 4.69) is 5.32 Å². The van der Waals surface area contributed by atoms with Crippen LogP contribution in [0.2, 0.25) is 5.02 Å². The average molecular weight is 333 g/mol. The van der Waals surface area contributed by atoms with Crippen LogP contribution in [0.25, 0.3) is 0 Å². The monoisotopic (exact) mass is 332 g/mol. The van der Waals surface area contributed by atoms with Gasteiger partial charge in [-0.2, -0.15) is 0 Å². The van der Waals surface area contributed by atoms with Gasteiger partial charge in [-0.15, -0.1) is 12.4 Å². The standard InChI is InChI=1S/C15H21ClN2O2.ClH/c1-17-9-11-5-6-18(10-11)15(19)8-12-7-13(16)3-4-14(12)20-2;/h3-4,7,11,17H,5-6,8-10H2,1-2H3;1H. The molecule has 1 N–H and O–H groups in total. The highest BCUT2D eigenvalue weighted by Crippen LogP contribution is 2.24. The number of benzene rings is 1. The Bertz CT molecular complexity index is 483. The molecule has 2 rings (SSSR count). The topological polar surface area (TPSA) is 41.6 Å². The second kappa shape index (κ2) is 8.47. The van der Waals surface area contributed by atoms with Crippen LogP contribution in [0.4, 0.5) is 0 Å². The summed E-state index contributed by atoms with van der Waals surface area (Å²) < 4.78 is 5.28. The van der Waals surface area contributed by atoms with E-state index in [1.807, 2.05) is 11.9 Å². The van der Waals surface area contributed by atoms with Gasteiger partial charge in [-0.3, -0.25) is 4.79 Å². The maximum atomic E-state index is 12.4. The lowest BCUT2D eigenvalue weighted by molar-refractivity contribution is -0.129. The summed E-state index contributed by atoms with van der Waals surface area (Å²) in [5.74, 6) is 1.42. The van der Waals surface area contributed by atoms with E-state index in [4.69, 9.17) is 16.3 Å². The van der Waals surface area contributed by atoms with Gasteiger partial charge in [0.05, 0.1) is 13.5 Å². The van der Waals surface area contributed by atoms with Gasteiger partial charge in [0.15, 0.2) is 0 Å². The first kappa shape index (κ1) is 18.1. The predicted octanol–water partition coefficient (Wildman–Crippen LogP) is 2.38. The molecule has 1 fully saturated rings. The predicted molar refractivity (Wildman–Crippen MR) is 87.6 cm³/mol. The van der Waals surface area contributed by atoms with Gasteiger partial charge < -0.3 is 15.0 Å². The van der Waals surface area contributed by atoms with E-state index in [0.29, 0.717) is 23.1 Å². The number of carbonyl (C=O) groups is 1. The molecular formula is C15H22Cl2N2O2. The lowest BCUT2D eigenvalue weighted by Crippen LogP contribution is -2.31. The summed E-state index contributed by atoms with van der Waals surface area (Å²) in [5.41, 5.74) is 0.849. The Morgan fingerprint density at radius 2 is 2.29 bits per heavy atom. The van der Waals surface area contributed by atoms with Gasteiger partial charge in [-0.05, 0) is 44.1 Å². The fourth-order valence-corrected chi connectivity index (χ4v) is 2.87. The molecule has 0 spiro atoms. The highest BCUT2D eigenvalue weighted by atomic mass is 35.5. The number of hydrogen-bond acceptors (Lipinski definition) is 3. The van der Waals surface area contributed by atoms with Crippen LogP contribution in [0.15, 0.2) is 18.2 Å². The van der Waals surface area contributed by atoms with Crippen molar-refractivity contribution < 1.29 is 9.53 Å².